The number of nitriles is 1. The number of rotatable bonds is 5. The molecule has 1 N–H and O–H groups in total. The molecule has 8 nitrogen and oxygen atoms in total. The first kappa shape index (κ1) is 18.2. The summed E-state index contributed by atoms with van der Waals surface area (Å²) < 4.78 is 15.8. The van der Waals surface area contributed by atoms with Gasteiger partial charge in [-0.05, 0) is 24.6 Å². The molecular weight excluding hydrogens is 383 g/mol. The van der Waals surface area contributed by atoms with E-state index < -0.39 is 6.67 Å². The Balaban J connectivity index is 1.39. The van der Waals surface area contributed by atoms with E-state index in [0.29, 0.717) is 17.9 Å². The Morgan fingerprint density at radius 1 is 1.30 bits per heavy atom. The molecule has 0 aliphatic carbocycles. The van der Waals surface area contributed by atoms with E-state index in [-0.39, 0.29) is 12.0 Å². The number of aromatic amines is 1. The molecule has 0 bridgehead atoms. The molecule has 0 spiro atoms. The van der Waals surface area contributed by atoms with Crippen LogP contribution in [0.3, 0.4) is 0 Å². The minimum atomic E-state index is -0.518. The van der Waals surface area contributed by atoms with E-state index in [1.165, 1.54) is 6.33 Å². The molecule has 1 fully saturated rings. The van der Waals surface area contributed by atoms with Gasteiger partial charge in [0.15, 0.2) is 0 Å². The third-order valence-corrected chi connectivity index (χ3v) is 5.70. The molecule has 0 amide bonds. The second kappa shape index (κ2) is 7.55. The molecule has 1 saturated heterocycles. The average molecular weight is 402 g/mol. The van der Waals surface area contributed by atoms with Gasteiger partial charge < -0.3 is 9.88 Å². The molecule has 5 heterocycles. The van der Waals surface area contributed by atoms with Crippen LogP contribution in [-0.4, -0.2) is 49.5 Å². The number of hydrogen-bond acceptors (Lipinski definition) is 6. The molecule has 5 rings (SSSR count). The fraction of sp³-hybridized carbons (Fsp3) is 0.286. The molecule has 9 heteroatoms. The highest BCUT2D eigenvalue weighted by molar-refractivity contribution is 5.89. The largest absolute Gasteiger partial charge is 0.355 e. The molecule has 1 aliphatic heterocycles. The smallest absolute Gasteiger partial charge is 0.146 e. The highest BCUT2D eigenvalue weighted by Gasteiger charge is 2.33. The van der Waals surface area contributed by atoms with E-state index >= 15 is 0 Å². The summed E-state index contributed by atoms with van der Waals surface area (Å²) in [6.45, 7) is 0.845. The van der Waals surface area contributed by atoms with Gasteiger partial charge in [0.2, 0.25) is 0 Å². The molecule has 2 atom stereocenters. The number of halogens is 1. The predicted octanol–water partition coefficient (Wildman–Crippen LogP) is 3.13. The summed E-state index contributed by atoms with van der Waals surface area (Å²) in [6, 6.07) is 7.22. The zero-order valence-corrected chi connectivity index (χ0v) is 16.1. The van der Waals surface area contributed by atoms with Crippen LogP contribution in [0, 0.1) is 17.2 Å². The van der Waals surface area contributed by atoms with Gasteiger partial charge in [-0.3, -0.25) is 4.68 Å². The van der Waals surface area contributed by atoms with Crippen molar-refractivity contribution < 1.29 is 4.39 Å². The summed E-state index contributed by atoms with van der Waals surface area (Å²) in [5.74, 6) is 0.728. The van der Waals surface area contributed by atoms with Crippen LogP contribution in [-0.2, 0) is 0 Å². The lowest BCUT2D eigenvalue weighted by Crippen LogP contribution is -2.27. The van der Waals surface area contributed by atoms with Gasteiger partial charge in [-0.15, -0.1) is 0 Å². The van der Waals surface area contributed by atoms with Crippen molar-refractivity contribution in [1.29, 1.82) is 5.26 Å². The Kier molecular flexibility index (Phi) is 4.59. The Labute approximate surface area is 172 Å². The third kappa shape index (κ3) is 3.06. The molecule has 30 heavy (non-hydrogen) atoms. The lowest BCUT2D eigenvalue weighted by Gasteiger charge is -2.23. The van der Waals surface area contributed by atoms with E-state index in [9.17, 15) is 9.65 Å². The number of anilines is 1. The van der Waals surface area contributed by atoms with Gasteiger partial charge in [0.05, 0.1) is 23.5 Å². The number of alkyl halides is 1. The van der Waals surface area contributed by atoms with E-state index in [4.69, 9.17) is 0 Å². The van der Waals surface area contributed by atoms with Crippen molar-refractivity contribution in [3.63, 3.8) is 0 Å². The summed E-state index contributed by atoms with van der Waals surface area (Å²) in [5, 5.41) is 14.7. The van der Waals surface area contributed by atoms with Crippen molar-refractivity contribution in [2.45, 2.75) is 12.5 Å². The summed E-state index contributed by atoms with van der Waals surface area (Å²) in [7, 11) is 0. The van der Waals surface area contributed by atoms with Crippen LogP contribution in [0.15, 0.2) is 49.3 Å². The van der Waals surface area contributed by atoms with Crippen molar-refractivity contribution in [1.82, 2.24) is 29.7 Å². The van der Waals surface area contributed by atoms with Crippen LogP contribution < -0.4 is 4.90 Å². The van der Waals surface area contributed by atoms with Crippen molar-refractivity contribution in [3.8, 4) is 17.3 Å². The maximum atomic E-state index is 14.1. The first-order valence-corrected chi connectivity index (χ1v) is 9.77. The molecule has 0 aromatic carbocycles. The standard InChI is InChI=1S/C21H19FN8/c22-8-18(15-4-7-29(11-15)21-14(9-23)2-1-5-25-21)30-12-16(10-28-30)19-17-3-6-24-20(17)27-13-26-19/h1-3,5-6,10,12-13,15,18H,4,7-8,11H2,(H,24,26,27). The third-order valence-electron chi connectivity index (χ3n) is 5.70. The van der Waals surface area contributed by atoms with Crippen molar-refractivity contribution >= 4 is 16.9 Å². The number of H-pyrrole nitrogens is 1. The Morgan fingerprint density at radius 2 is 2.23 bits per heavy atom. The molecule has 0 saturated carbocycles. The molecule has 4 aromatic heterocycles. The Hall–Kier alpha value is -3.80. The number of pyridine rings is 1. The highest BCUT2D eigenvalue weighted by Crippen LogP contribution is 2.33. The van der Waals surface area contributed by atoms with Gasteiger partial charge in [-0.2, -0.15) is 10.4 Å². The zero-order valence-electron chi connectivity index (χ0n) is 16.1. The van der Waals surface area contributed by atoms with E-state index in [1.807, 2.05) is 18.5 Å². The minimum absolute atomic E-state index is 0.0639. The summed E-state index contributed by atoms with van der Waals surface area (Å²) >= 11 is 0. The zero-order chi connectivity index (χ0) is 20.5. The number of aromatic nitrogens is 6. The molecule has 1 aliphatic rings. The van der Waals surface area contributed by atoms with Crippen LogP contribution in [0.25, 0.3) is 22.3 Å². The van der Waals surface area contributed by atoms with Gasteiger partial charge in [0.25, 0.3) is 0 Å². The van der Waals surface area contributed by atoms with Gasteiger partial charge in [0, 0.05) is 48.5 Å². The quantitative estimate of drug-likeness (QED) is 0.551. The first-order valence-electron chi connectivity index (χ1n) is 9.77. The number of fused-ring (bicyclic) bond motifs is 1. The van der Waals surface area contributed by atoms with E-state index in [2.05, 4.69) is 36.0 Å². The van der Waals surface area contributed by atoms with E-state index in [0.717, 1.165) is 35.3 Å². The molecule has 2 unspecified atom stereocenters. The van der Waals surface area contributed by atoms with Gasteiger partial charge in [0.1, 0.15) is 30.5 Å². The summed E-state index contributed by atoms with van der Waals surface area (Å²) in [5.41, 5.74) is 2.89. The number of hydrogen-bond donors (Lipinski definition) is 1. The summed E-state index contributed by atoms with van der Waals surface area (Å²) in [6.07, 6.45) is 9.38. The van der Waals surface area contributed by atoms with Crippen molar-refractivity contribution in [3.05, 3.63) is 54.9 Å². The summed E-state index contributed by atoms with van der Waals surface area (Å²) in [4.78, 5) is 18.1. The lowest BCUT2D eigenvalue weighted by atomic mass is 10.0. The van der Waals surface area contributed by atoms with Crippen LogP contribution in [0.2, 0.25) is 0 Å². The highest BCUT2D eigenvalue weighted by atomic mass is 19.1. The van der Waals surface area contributed by atoms with Gasteiger partial charge in [-0.25, -0.2) is 19.3 Å². The number of nitrogens with zero attached hydrogens (tertiary/aromatic N) is 7. The lowest BCUT2D eigenvalue weighted by molar-refractivity contribution is 0.257. The van der Waals surface area contributed by atoms with Crippen LogP contribution in [0.4, 0.5) is 10.2 Å². The van der Waals surface area contributed by atoms with Gasteiger partial charge >= 0.3 is 0 Å². The SMILES string of the molecule is N#Cc1cccnc1N1CCC(C(CF)n2cc(-c3ncnc4[nH]ccc34)cn2)C1. The van der Waals surface area contributed by atoms with Crippen molar-refractivity contribution in [2.24, 2.45) is 5.92 Å². The average Bonchev–Trinajstić information content (AvgIpc) is 3.55. The Morgan fingerprint density at radius 3 is 3.10 bits per heavy atom. The molecule has 150 valence electrons. The Bertz CT molecular complexity index is 1220. The van der Waals surface area contributed by atoms with Crippen LogP contribution >= 0.6 is 0 Å². The minimum Gasteiger partial charge on any atom is -0.355 e. The molecular formula is C21H19FN8. The second-order valence-corrected chi connectivity index (χ2v) is 7.37. The van der Waals surface area contributed by atoms with Crippen molar-refractivity contribution in [2.75, 3.05) is 24.7 Å². The maximum absolute atomic E-state index is 14.1. The van der Waals surface area contributed by atoms with Crippen LogP contribution in [0.1, 0.15) is 18.0 Å². The molecule has 4 aromatic rings. The first-order chi connectivity index (χ1) is 14.8. The number of nitrogens with one attached hydrogen (secondary N) is 1. The maximum Gasteiger partial charge on any atom is 0.146 e. The monoisotopic (exact) mass is 402 g/mol. The topological polar surface area (TPSA) is 99.3 Å². The van der Waals surface area contributed by atoms with Crippen LogP contribution in [0.5, 0.6) is 0 Å². The second-order valence-electron chi connectivity index (χ2n) is 7.37. The molecule has 0 radical (unpaired) electrons. The fourth-order valence-corrected chi connectivity index (χ4v) is 4.19. The van der Waals surface area contributed by atoms with Gasteiger partial charge in [-0.1, -0.05) is 0 Å². The normalized spacial score (nSPS) is 17.3. The predicted molar refractivity (Wildman–Crippen MR) is 109 cm³/mol. The van der Waals surface area contributed by atoms with E-state index in [1.54, 1.807) is 29.2 Å². The fourth-order valence-electron chi connectivity index (χ4n) is 4.19.